The van der Waals surface area contributed by atoms with E-state index in [9.17, 15) is 19.2 Å². The van der Waals surface area contributed by atoms with Crippen molar-refractivity contribution in [2.75, 3.05) is 0 Å². The van der Waals surface area contributed by atoms with Crippen LogP contribution in [0, 0.1) is 0 Å². The first kappa shape index (κ1) is 18.9. The van der Waals surface area contributed by atoms with Gasteiger partial charge in [0.2, 0.25) is 12.4 Å². The molecule has 0 aromatic rings. The summed E-state index contributed by atoms with van der Waals surface area (Å²) in [5, 5.41) is 0. The minimum Gasteiger partial charge on any atom is -0.456 e. The highest BCUT2D eigenvalue weighted by Crippen LogP contribution is 2.29. The molecule has 0 aliphatic carbocycles. The van der Waals surface area contributed by atoms with Gasteiger partial charge in [-0.05, 0) is 6.92 Å². The van der Waals surface area contributed by atoms with Gasteiger partial charge in [0.25, 0.3) is 0 Å². The number of esters is 4. The Kier molecular flexibility index (Phi) is 6.49. The first-order chi connectivity index (χ1) is 10.6. The minimum atomic E-state index is -1.29. The molecule has 1 rings (SSSR count). The Hall–Kier alpha value is -2.16. The third kappa shape index (κ3) is 5.51. The van der Waals surface area contributed by atoms with E-state index in [1.165, 1.54) is 6.92 Å². The topological polar surface area (TPSA) is 114 Å². The average Bonchev–Trinajstić information content (AvgIpc) is 2.36. The van der Waals surface area contributed by atoms with E-state index in [1.807, 2.05) is 0 Å². The van der Waals surface area contributed by atoms with Crippen LogP contribution < -0.4 is 0 Å². The van der Waals surface area contributed by atoms with E-state index in [1.54, 1.807) is 6.92 Å². The van der Waals surface area contributed by atoms with Crippen molar-refractivity contribution >= 4 is 23.9 Å². The van der Waals surface area contributed by atoms with Gasteiger partial charge in [-0.3, -0.25) is 19.2 Å². The number of ether oxygens (including phenoxy) is 5. The predicted molar refractivity (Wildman–Crippen MR) is 72.8 cm³/mol. The number of carbonyl (C=O) groups is 4. The van der Waals surface area contributed by atoms with E-state index in [0.29, 0.717) is 0 Å². The lowest BCUT2D eigenvalue weighted by Crippen LogP contribution is -2.61. The van der Waals surface area contributed by atoms with Crippen LogP contribution in [0.4, 0.5) is 0 Å². The van der Waals surface area contributed by atoms with Crippen LogP contribution in [0.3, 0.4) is 0 Å². The highest BCUT2D eigenvalue weighted by Gasteiger charge is 2.51. The van der Waals surface area contributed by atoms with Crippen molar-refractivity contribution in [2.45, 2.75) is 65.3 Å². The van der Waals surface area contributed by atoms with Crippen molar-refractivity contribution in [3.05, 3.63) is 0 Å². The summed E-state index contributed by atoms with van der Waals surface area (Å²) in [6, 6.07) is 0. The first-order valence-corrected chi connectivity index (χ1v) is 6.96. The average molecular weight is 332 g/mol. The summed E-state index contributed by atoms with van der Waals surface area (Å²) >= 11 is 0. The third-order valence-corrected chi connectivity index (χ3v) is 2.92. The molecule has 23 heavy (non-hydrogen) atoms. The van der Waals surface area contributed by atoms with Gasteiger partial charge in [0.15, 0.2) is 12.2 Å². The molecule has 0 amide bonds. The van der Waals surface area contributed by atoms with Gasteiger partial charge in [0.05, 0.1) is 6.10 Å². The van der Waals surface area contributed by atoms with Crippen LogP contribution in [-0.2, 0) is 42.9 Å². The summed E-state index contributed by atoms with van der Waals surface area (Å²) in [6.45, 7) is 6.16. The van der Waals surface area contributed by atoms with Gasteiger partial charge in [-0.2, -0.15) is 0 Å². The highest BCUT2D eigenvalue weighted by molar-refractivity contribution is 5.69. The van der Waals surface area contributed by atoms with Gasteiger partial charge < -0.3 is 23.7 Å². The summed E-state index contributed by atoms with van der Waals surface area (Å²) in [5.41, 5.74) is 0. The maximum absolute atomic E-state index is 11.4. The monoisotopic (exact) mass is 332 g/mol. The van der Waals surface area contributed by atoms with Crippen LogP contribution in [0.25, 0.3) is 0 Å². The number of hydrogen-bond acceptors (Lipinski definition) is 9. The van der Waals surface area contributed by atoms with Gasteiger partial charge in [-0.1, -0.05) is 0 Å². The Labute approximate surface area is 133 Å². The molecule has 1 fully saturated rings. The van der Waals surface area contributed by atoms with Gasteiger partial charge in [0, 0.05) is 27.7 Å². The second-order valence-electron chi connectivity index (χ2n) is 5.04. The van der Waals surface area contributed by atoms with E-state index < -0.39 is 54.6 Å². The molecule has 1 heterocycles. The van der Waals surface area contributed by atoms with Gasteiger partial charge in [-0.15, -0.1) is 0 Å². The summed E-state index contributed by atoms with van der Waals surface area (Å²) in [5.74, 6) is -2.69. The maximum Gasteiger partial charge on any atom is 0.305 e. The summed E-state index contributed by atoms with van der Waals surface area (Å²) in [4.78, 5) is 45.1. The summed E-state index contributed by atoms with van der Waals surface area (Å²) in [6.07, 6.45) is -5.51. The highest BCUT2D eigenvalue weighted by atomic mass is 16.7. The van der Waals surface area contributed by atoms with E-state index >= 15 is 0 Å². The zero-order chi connectivity index (χ0) is 17.7. The lowest BCUT2D eigenvalue weighted by Gasteiger charge is -2.42. The van der Waals surface area contributed by atoms with Crippen molar-refractivity contribution in [1.29, 1.82) is 0 Å². The molecular formula is C14H20O9. The van der Waals surface area contributed by atoms with Crippen LogP contribution in [0.15, 0.2) is 0 Å². The normalized spacial score (nSPS) is 30.0. The largest absolute Gasteiger partial charge is 0.456 e. The van der Waals surface area contributed by atoms with Gasteiger partial charge >= 0.3 is 23.9 Å². The molecular weight excluding hydrogens is 312 g/mol. The Balaban J connectivity index is 3.15. The molecule has 5 atom stereocenters. The van der Waals surface area contributed by atoms with E-state index in [-0.39, 0.29) is 0 Å². The van der Waals surface area contributed by atoms with Crippen LogP contribution >= 0.6 is 0 Å². The summed E-state index contributed by atoms with van der Waals surface area (Å²) in [7, 11) is 0. The van der Waals surface area contributed by atoms with Crippen LogP contribution in [-0.4, -0.2) is 54.6 Å². The lowest BCUT2D eigenvalue weighted by atomic mass is 9.99. The van der Waals surface area contributed by atoms with Crippen molar-refractivity contribution in [1.82, 2.24) is 0 Å². The minimum absolute atomic E-state index is 0.630. The zero-order valence-corrected chi connectivity index (χ0v) is 13.6. The molecule has 0 N–H and O–H groups in total. The molecule has 0 radical (unpaired) electrons. The number of rotatable bonds is 4. The predicted octanol–water partition coefficient (Wildman–Crippen LogP) is 0.0894. The molecule has 0 aromatic carbocycles. The van der Waals surface area contributed by atoms with E-state index in [0.717, 1.165) is 20.8 Å². The fourth-order valence-electron chi connectivity index (χ4n) is 2.23. The third-order valence-electron chi connectivity index (χ3n) is 2.92. The molecule has 1 saturated heterocycles. The quantitative estimate of drug-likeness (QED) is 0.521. The molecule has 0 unspecified atom stereocenters. The fourth-order valence-corrected chi connectivity index (χ4v) is 2.23. The standard InChI is InChI=1S/C14H20O9/c1-6-11(20-7(2)15)12(21-8(3)16)13(22-9(4)17)14(19-6)23-10(5)18/h6,11-14H,1-5H3/t6-,11-,12+,13+,14+/m1/s1. The maximum atomic E-state index is 11.4. The van der Waals surface area contributed by atoms with Gasteiger partial charge in [-0.25, -0.2) is 0 Å². The molecule has 9 heteroatoms. The van der Waals surface area contributed by atoms with Crippen molar-refractivity contribution in [3.8, 4) is 0 Å². The van der Waals surface area contributed by atoms with Crippen molar-refractivity contribution in [2.24, 2.45) is 0 Å². The van der Waals surface area contributed by atoms with Crippen LogP contribution in [0.2, 0.25) is 0 Å². The van der Waals surface area contributed by atoms with Crippen molar-refractivity contribution in [3.63, 3.8) is 0 Å². The second-order valence-corrected chi connectivity index (χ2v) is 5.04. The van der Waals surface area contributed by atoms with Crippen molar-refractivity contribution < 1.29 is 42.9 Å². The Morgan fingerprint density at radius 3 is 1.48 bits per heavy atom. The Morgan fingerprint density at radius 1 is 0.652 bits per heavy atom. The fraction of sp³-hybridized carbons (Fsp3) is 0.714. The van der Waals surface area contributed by atoms with E-state index in [2.05, 4.69) is 0 Å². The van der Waals surface area contributed by atoms with Crippen LogP contribution in [0.5, 0.6) is 0 Å². The lowest BCUT2D eigenvalue weighted by molar-refractivity contribution is -0.292. The number of carbonyl (C=O) groups excluding carboxylic acids is 4. The number of hydrogen-bond donors (Lipinski definition) is 0. The first-order valence-electron chi connectivity index (χ1n) is 6.96. The molecule has 1 aliphatic rings. The SMILES string of the molecule is CC(=O)O[C@@H]1O[C@H](C)[C@@H](OC(C)=O)[C@H](OC(C)=O)[C@@H]1OC(C)=O. The Bertz CT molecular complexity index is 487. The molecule has 0 bridgehead atoms. The van der Waals surface area contributed by atoms with Crippen LogP contribution in [0.1, 0.15) is 34.6 Å². The second kappa shape index (κ2) is 7.91. The molecule has 0 spiro atoms. The smallest absolute Gasteiger partial charge is 0.305 e. The molecule has 130 valence electrons. The van der Waals surface area contributed by atoms with Gasteiger partial charge in [0.1, 0.15) is 0 Å². The molecule has 9 nitrogen and oxygen atoms in total. The summed E-state index contributed by atoms with van der Waals surface area (Å²) < 4.78 is 25.7. The molecule has 0 aromatic heterocycles. The molecule has 0 saturated carbocycles. The molecule has 1 aliphatic heterocycles. The zero-order valence-electron chi connectivity index (χ0n) is 13.6. The van der Waals surface area contributed by atoms with E-state index in [4.69, 9.17) is 23.7 Å². The Morgan fingerprint density at radius 2 is 1.04 bits per heavy atom.